The summed E-state index contributed by atoms with van der Waals surface area (Å²) in [6.07, 6.45) is 2.00. The van der Waals surface area contributed by atoms with E-state index in [1.807, 2.05) is 11.0 Å². The monoisotopic (exact) mass is 516 g/mol. The topological polar surface area (TPSA) is 66.4 Å². The van der Waals surface area contributed by atoms with E-state index in [4.69, 9.17) is 9.47 Å². The van der Waals surface area contributed by atoms with Gasteiger partial charge in [-0.3, -0.25) is 9.79 Å². The van der Waals surface area contributed by atoms with E-state index in [1.54, 1.807) is 14.2 Å². The number of methoxy groups -OCH3 is 1. The Bertz CT molecular complexity index is 686. The highest BCUT2D eigenvalue weighted by Crippen LogP contribution is 2.19. The molecule has 0 bridgehead atoms. The maximum Gasteiger partial charge on any atom is 0.242 e. The highest BCUT2D eigenvalue weighted by molar-refractivity contribution is 14.0. The van der Waals surface area contributed by atoms with E-state index in [2.05, 4.69) is 33.4 Å². The predicted octanol–water partition coefficient (Wildman–Crippen LogP) is 1.75. The second-order valence-corrected chi connectivity index (χ2v) is 7.40. The normalized spacial score (nSPS) is 19.0. The minimum atomic E-state index is 0. The lowest BCUT2D eigenvalue weighted by molar-refractivity contribution is -0.130. The van der Waals surface area contributed by atoms with Crippen LogP contribution < -0.4 is 5.32 Å². The molecular weight excluding hydrogens is 483 g/mol. The van der Waals surface area contributed by atoms with Crippen molar-refractivity contribution < 1.29 is 14.3 Å². The van der Waals surface area contributed by atoms with Crippen LogP contribution in [0.1, 0.15) is 17.5 Å². The molecule has 0 spiro atoms. The Hall–Kier alpha value is -1.39. The van der Waals surface area contributed by atoms with Crippen molar-refractivity contribution in [1.82, 2.24) is 15.1 Å². The first-order valence-corrected chi connectivity index (χ1v) is 10.1. The molecule has 1 atom stereocenters. The number of hydrogen-bond acceptors (Lipinski definition) is 4. The molecule has 1 fully saturated rings. The quantitative estimate of drug-likeness (QED) is 0.259. The summed E-state index contributed by atoms with van der Waals surface area (Å²) in [5.41, 5.74) is 2.61. The van der Waals surface area contributed by atoms with Gasteiger partial charge in [0.15, 0.2) is 5.96 Å². The van der Waals surface area contributed by atoms with Crippen LogP contribution in [0.25, 0.3) is 0 Å². The van der Waals surface area contributed by atoms with Gasteiger partial charge in [-0.05, 0) is 24.0 Å². The molecule has 1 unspecified atom stereocenters. The summed E-state index contributed by atoms with van der Waals surface area (Å²) in [7, 11) is 3.45. The molecule has 0 radical (unpaired) electrons. The van der Waals surface area contributed by atoms with Gasteiger partial charge >= 0.3 is 0 Å². The van der Waals surface area contributed by atoms with Crippen LogP contribution in [0.15, 0.2) is 29.3 Å². The minimum Gasteiger partial charge on any atom is -0.382 e. The third-order valence-corrected chi connectivity index (χ3v) is 5.46. The lowest BCUT2D eigenvalue weighted by atomic mass is 10.00. The minimum absolute atomic E-state index is 0. The van der Waals surface area contributed by atoms with E-state index in [9.17, 15) is 4.79 Å². The van der Waals surface area contributed by atoms with Gasteiger partial charge in [-0.15, -0.1) is 24.0 Å². The Labute approximate surface area is 190 Å². The molecule has 1 aromatic rings. The molecule has 8 heteroatoms. The Morgan fingerprint density at radius 3 is 2.76 bits per heavy atom. The van der Waals surface area contributed by atoms with Crippen LogP contribution in [-0.2, 0) is 27.2 Å². The summed E-state index contributed by atoms with van der Waals surface area (Å²) in [4.78, 5) is 21.2. The number of carbonyl (C=O) groups is 1. The zero-order valence-corrected chi connectivity index (χ0v) is 19.8. The summed E-state index contributed by atoms with van der Waals surface area (Å²) in [5.74, 6) is 1.41. The number of halogens is 1. The van der Waals surface area contributed by atoms with Gasteiger partial charge in [0.1, 0.15) is 0 Å². The lowest BCUT2D eigenvalue weighted by Gasteiger charge is -2.29. The first kappa shape index (κ1) is 23.9. The van der Waals surface area contributed by atoms with Crippen LogP contribution >= 0.6 is 24.0 Å². The van der Waals surface area contributed by atoms with E-state index in [1.165, 1.54) is 11.1 Å². The molecule has 0 aliphatic carbocycles. The standard InChI is InChI=1S/C21H32N4O3.HI/c1-22-21(25-9-7-17(14-25)16-28-12-11-27-2)23-13-20(26)24-10-8-18-5-3-4-6-19(18)15-24;/h3-6,17H,7-16H2,1-2H3,(H,22,23);1H. The molecule has 2 aliphatic rings. The fraction of sp³-hybridized carbons (Fsp3) is 0.619. The number of likely N-dealkylation sites (tertiary alicyclic amines) is 1. The van der Waals surface area contributed by atoms with Gasteiger partial charge in [0.25, 0.3) is 0 Å². The number of nitrogens with one attached hydrogen (secondary N) is 1. The smallest absolute Gasteiger partial charge is 0.242 e. The molecule has 162 valence electrons. The number of amides is 1. The van der Waals surface area contributed by atoms with Crippen LogP contribution in [0.3, 0.4) is 0 Å². The second-order valence-electron chi connectivity index (χ2n) is 7.40. The van der Waals surface area contributed by atoms with E-state index in [0.29, 0.717) is 25.7 Å². The zero-order valence-electron chi connectivity index (χ0n) is 17.4. The second kappa shape index (κ2) is 12.3. The van der Waals surface area contributed by atoms with Crippen molar-refractivity contribution in [2.45, 2.75) is 19.4 Å². The van der Waals surface area contributed by atoms with Crippen molar-refractivity contribution in [3.63, 3.8) is 0 Å². The van der Waals surface area contributed by atoms with Gasteiger partial charge < -0.3 is 24.6 Å². The number of benzene rings is 1. The number of ether oxygens (including phenoxy) is 2. The molecule has 29 heavy (non-hydrogen) atoms. The van der Waals surface area contributed by atoms with E-state index < -0.39 is 0 Å². The van der Waals surface area contributed by atoms with Crippen molar-refractivity contribution in [3.05, 3.63) is 35.4 Å². The van der Waals surface area contributed by atoms with E-state index >= 15 is 0 Å². The number of aliphatic imine (C=N–C) groups is 1. The summed E-state index contributed by atoms with van der Waals surface area (Å²) in [6, 6.07) is 8.36. The molecule has 0 saturated carbocycles. The van der Waals surface area contributed by atoms with Gasteiger partial charge in [-0.1, -0.05) is 24.3 Å². The summed E-state index contributed by atoms with van der Waals surface area (Å²) in [5, 5.41) is 3.25. The average molecular weight is 516 g/mol. The maximum absolute atomic E-state index is 12.7. The lowest BCUT2D eigenvalue weighted by Crippen LogP contribution is -2.47. The van der Waals surface area contributed by atoms with Crippen molar-refractivity contribution >= 4 is 35.8 Å². The number of hydrogen-bond donors (Lipinski definition) is 1. The molecule has 0 aromatic heterocycles. The van der Waals surface area contributed by atoms with Crippen molar-refractivity contribution in [1.29, 1.82) is 0 Å². The molecule has 7 nitrogen and oxygen atoms in total. The van der Waals surface area contributed by atoms with Crippen molar-refractivity contribution in [2.75, 3.05) is 60.2 Å². The number of nitrogens with zero attached hydrogens (tertiary/aromatic N) is 3. The third kappa shape index (κ3) is 6.82. The Morgan fingerprint density at radius 2 is 2.00 bits per heavy atom. The largest absolute Gasteiger partial charge is 0.382 e. The Kier molecular flexibility index (Phi) is 10.2. The fourth-order valence-electron chi connectivity index (χ4n) is 3.86. The number of guanidine groups is 1. The highest BCUT2D eigenvalue weighted by Gasteiger charge is 2.26. The first-order chi connectivity index (χ1) is 13.7. The Balaban J connectivity index is 0.00000300. The van der Waals surface area contributed by atoms with E-state index in [-0.39, 0.29) is 36.4 Å². The fourth-order valence-corrected chi connectivity index (χ4v) is 3.86. The number of rotatable bonds is 7. The van der Waals surface area contributed by atoms with Crippen LogP contribution in [-0.4, -0.2) is 81.8 Å². The Morgan fingerprint density at radius 1 is 1.21 bits per heavy atom. The zero-order chi connectivity index (χ0) is 19.8. The molecule has 1 N–H and O–H groups in total. The predicted molar refractivity (Wildman–Crippen MR) is 125 cm³/mol. The highest BCUT2D eigenvalue weighted by atomic mass is 127. The van der Waals surface area contributed by atoms with Crippen molar-refractivity contribution in [2.24, 2.45) is 10.9 Å². The van der Waals surface area contributed by atoms with Crippen LogP contribution in [0.5, 0.6) is 0 Å². The van der Waals surface area contributed by atoms with Gasteiger partial charge in [0, 0.05) is 46.3 Å². The van der Waals surface area contributed by atoms with Crippen molar-refractivity contribution in [3.8, 4) is 0 Å². The summed E-state index contributed by atoms with van der Waals surface area (Å²) in [6.45, 7) is 5.58. The van der Waals surface area contributed by atoms with Crippen LogP contribution in [0.4, 0.5) is 0 Å². The summed E-state index contributed by atoms with van der Waals surface area (Å²) >= 11 is 0. The van der Waals surface area contributed by atoms with Crippen LogP contribution in [0.2, 0.25) is 0 Å². The molecule has 2 heterocycles. The van der Waals surface area contributed by atoms with Crippen LogP contribution in [0, 0.1) is 5.92 Å². The maximum atomic E-state index is 12.7. The average Bonchev–Trinajstić information content (AvgIpc) is 3.20. The molecule has 1 amide bonds. The molecular formula is C21H33IN4O3. The number of fused-ring (bicyclic) bond motifs is 1. The SMILES string of the molecule is CN=C(NCC(=O)N1CCc2ccccc2C1)N1CCC(COCCOC)C1.I. The molecule has 1 saturated heterocycles. The van der Waals surface area contributed by atoms with Gasteiger partial charge in [0.2, 0.25) is 5.91 Å². The summed E-state index contributed by atoms with van der Waals surface area (Å²) < 4.78 is 10.7. The first-order valence-electron chi connectivity index (χ1n) is 10.1. The molecule has 2 aliphatic heterocycles. The number of carbonyl (C=O) groups excluding carboxylic acids is 1. The molecule has 1 aromatic carbocycles. The van der Waals surface area contributed by atoms with Gasteiger partial charge in [-0.2, -0.15) is 0 Å². The van der Waals surface area contributed by atoms with Gasteiger partial charge in [0.05, 0.1) is 26.4 Å². The van der Waals surface area contributed by atoms with E-state index in [0.717, 1.165) is 45.0 Å². The third-order valence-electron chi connectivity index (χ3n) is 5.46. The molecule has 3 rings (SSSR count). The van der Waals surface area contributed by atoms with Gasteiger partial charge in [-0.25, -0.2) is 0 Å².